The molecule has 0 bridgehead atoms. The normalized spacial score (nSPS) is 21.1. The maximum atomic E-state index is 14.1. The van der Waals surface area contributed by atoms with E-state index in [4.69, 9.17) is 0 Å². The van der Waals surface area contributed by atoms with Crippen LogP contribution in [0.25, 0.3) is 0 Å². The van der Waals surface area contributed by atoms with Crippen LogP contribution in [-0.2, 0) is 24.5 Å². The third-order valence-corrected chi connectivity index (χ3v) is 5.12. The number of carboxylic acid groups (broad SMARTS) is 1. The number of hydrogen-bond donors (Lipinski definition) is 1. The second-order valence-corrected chi connectivity index (χ2v) is 7.28. The standard InChI is InChI=1S/C15H14F4O5S/c1-8-3-4-11(9(2)12(8)16)14(13(20)21)6-5-10(7-14)24-25(22,23)15(17,18)19/h3-4,7H,5-6H2,1-2H3,(H,20,21). The fourth-order valence-corrected chi connectivity index (χ4v) is 3.30. The topological polar surface area (TPSA) is 80.7 Å². The molecule has 25 heavy (non-hydrogen) atoms. The first-order valence-corrected chi connectivity index (χ1v) is 8.45. The van der Waals surface area contributed by atoms with Gasteiger partial charge in [-0.2, -0.15) is 21.6 Å². The van der Waals surface area contributed by atoms with E-state index in [1.165, 1.54) is 26.0 Å². The molecule has 0 saturated heterocycles. The lowest BCUT2D eigenvalue weighted by Gasteiger charge is -2.25. The first-order valence-electron chi connectivity index (χ1n) is 7.04. The van der Waals surface area contributed by atoms with Gasteiger partial charge in [-0.1, -0.05) is 12.1 Å². The summed E-state index contributed by atoms with van der Waals surface area (Å²) >= 11 is 0. The van der Waals surface area contributed by atoms with Crippen LogP contribution in [0.4, 0.5) is 17.6 Å². The zero-order chi connectivity index (χ0) is 19.2. The van der Waals surface area contributed by atoms with Gasteiger partial charge >= 0.3 is 21.6 Å². The highest BCUT2D eigenvalue weighted by Crippen LogP contribution is 2.43. The van der Waals surface area contributed by atoms with Gasteiger partial charge in [0, 0.05) is 6.42 Å². The Hall–Kier alpha value is -2.10. The molecular weight excluding hydrogens is 368 g/mol. The van der Waals surface area contributed by atoms with E-state index in [9.17, 15) is 35.9 Å². The number of carbonyl (C=O) groups is 1. The van der Waals surface area contributed by atoms with E-state index >= 15 is 0 Å². The molecule has 1 aromatic rings. The van der Waals surface area contributed by atoms with Crippen molar-refractivity contribution in [2.24, 2.45) is 0 Å². The van der Waals surface area contributed by atoms with Crippen LogP contribution >= 0.6 is 0 Å². The molecule has 1 unspecified atom stereocenters. The monoisotopic (exact) mass is 382 g/mol. The molecule has 0 fully saturated rings. The SMILES string of the molecule is Cc1ccc(C2(C(=O)O)C=C(OS(=O)(=O)C(F)(F)F)CC2)c(C)c1F. The van der Waals surface area contributed by atoms with Gasteiger partial charge in [0.2, 0.25) is 0 Å². The lowest BCUT2D eigenvalue weighted by atomic mass is 9.77. The Morgan fingerprint density at radius 1 is 1.28 bits per heavy atom. The number of alkyl halides is 3. The third kappa shape index (κ3) is 3.22. The van der Waals surface area contributed by atoms with Gasteiger partial charge in [-0.25, -0.2) is 4.39 Å². The summed E-state index contributed by atoms with van der Waals surface area (Å²) in [4.78, 5) is 11.8. The van der Waals surface area contributed by atoms with Crippen molar-refractivity contribution in [2.45, 2.75) is 37.6 Å². The summed E-state index contributed by atoms with van der Waals surface area (Å²) in [5.41, 5.74) is -7.16. The Kier molecular flexibility index (Phi) is 4.62. The first-order chi connectivity index (χ1) is 11.3. The Labute approximate surface area is 141 Å². The van der Waals surface area contributed by atoms with Crippen LogP contribution in [0.5, 0.6) is 0 Å². The molecular formula is C15H14F4O5S. The van der Waals surface area contributed by atoms with E-state index in [0.717, 1.165) is 6.08 Å². The van der Waals surface area contributed by atoms with Crippen LogP contribution in [-0.4, -0.2) is 25.0 Å². The van der Waals surface area contributed by atoms with Crippen molar-refractivity contribution in [3.63, 3.8) is 0 Å². The van der Waals surface area contributed by atoms with Gasteiger partial charge in [0.05, 0.1) is 0 Å². The minimum absolute atomic E-state index is 0.0265. The van der Waals surface area contributed by atoms with Gasteiger partial charge in [-0.15, -0.1) is 0 Å². The zero-order valence-corrected chi connectivity index (χ0v) is 14.0. The minimum Gasteiger partial charge on any atom is -0.480 e. The number of rotatable bonds is 4. The van der Waals surface area contributed by atoms with Gasteiger partial charge in [0.25, 0.3) is 0 Å². The Bertz CT molecular complexity index is 857. The van der Waals surface area contributed by atoms with Crippen molar-refractivity contribution >= 4 is 16.1 Å². The van der Waals surface area contributed by atoms with E-state index in [1.807, 2.05) is 0 Å². The summed E-state index contributed by atoms with van der Waals surface area (Å²) in [7, 11) is -5.90. The predicted molar refractivity (Wildman–Crippen MR) is 78.6 cm³/mol. The predicted octanol–water partition coefficient (Wildman–Crippen LogP) is 3.31. The van der Waals surface area contributed by atoms with Crippen molar-refractivity contribution in [3.05, 3.63) is 46.5 Å². The maximum Gasteiger partial charge on any atom is 0.534 e. The molecule has 138 valence electrons. The van der Waals surface area contributed by atoms with E-state index < -0.39 is 38.6 Å². The van der Waals surface area contributed by atoms with Gasteiger partial charge in [0.1, 0.15) is 17.0 Å². The van der Waals surface area contributed by atoms with Crippen molar-refractivity contribution in [1.82, 2.24) is 0 Å². The Morgan fingerprint density at radius 3 is 2.40 bits per heavy atom. The van der Waals surface area contributed by atoms with E-state index in [2.05, 4.69) is 4.18 Å². The summed E-state index contributed by atoms with van der Waals surface area (Å²) < 4.78 is 77.6. The molecule has 0 radical (unpaired) electrons. The van der Waals surface area contributed by atoms with Crippen molar-refractivity contribution in [1.29, 1.82) is 0 Å². The van der Waals surface area contributed by atoms with Crippen molar-refractivity contribution in [2.75, 3.05) is 0 Å². The summed E-state index contributed by atoms with van der Waals surface area (Å²) in [6, 6.07) is 2.71. The molecule has 0 spiro atoms. The highest BCUT2D eigenvalue weighted by Gasteiger charge is 2.51. The lowest BCUT2D eigenvalue weighted by Crippen LogP contribution is -2.33. The van der Waals surface area contributed by atoms with Crippen LogP contribution in [0.1, 0.15) is 29.5 Å². The molecule has 1 aliphatic rings. The molecule has 10 heteroatoms. The molecule has 1 aromatic carbocycles. The molecule has 0 heterocycles. The number of halogens is 4. The van der Waals surface area contributed by atoms with Crippen molar-refractivity contribution < 1.29 is 40.1 Å². The Balaban J connectivity index is 2.53. The lowest BCUT2D eigenvalue weighted by molar-refractivity contribution is -0.141. The number of hydrogen-bond acceptors (Lipinski definition) is 4. The molecule has 2 rings (SSSR count). The molecule has 0 amide bonds. The summed E-state index contributed by atoms with van der Waals surface area (Å²) in [6.45, 7) is 2.83. The number of benzene rings is 1. The fourth-order valence-electron chi connectivity index (χ4n) is 2.79. The average molecular weight is 382 g/mol. The first kappa shape index (κ1) is 19.2. The van der Waals surface area contributed by atoms with Crippen LogP contribution < -0.4 is 0 Å². The number of aliphatic carboxylic acids is 1. The van der Waals surface area contributed by atoms with Crippen LogP contribution in [0, 0.1) is 19.7 Å². The van der Waals surface area contributed by atoms with Crippen LogP contribution in [0.15, 0.2) is 24.0 Å². The Morgan fingerprint density at radius 2 is 1.88 bits per heavy atom. The molecule has 0 aliphatic heterocycles. The molecule has 1 atom stereocenters. The van der Waals surface area contributed by atoms with Gasteiger partial charge < -0.3 is 9.29 Å². The van der Waals surface area contributed by atoms with Gasteiger partial charge in [-0.3, -0.25) is 4.79 Å². The second-order valence-electron chi connectivity index (χ2n) is 5.74. The highest BCUT2D eigenvalue weighted by molar-refractivity contribution is 7.87. The number of allylic oxidation sites excluding steroid dienone is 1. The van der Waals surface area contributed by atoms with Crippen LogP contribution in [0.3, 0.4) is 0 Å². The summed E-state index contributed by atoms with van der Waals surface area (Å²) in [6.07, 6.45) is 0.195. The molecule has 0 aromatic heterocycles. The second kappa shape index (κ2) is 6.01. The smallest absolute Gasteiger partial charge is 0.480 e. The van der Waals surface area contributed by atoms with E-state index in [1.54, 1.807) is 0 Å². The van der Waals surface area contributed by atoms with Crippen molar-refractivity contribution in [3.8, 4) is 0 Å². The van der Waals surface area contributed by atoms with Crippen LogP contribution in [0.2, 0.25) is 0 Å². The minimum atomic E-state index is -5.90. The molecule has 5 nitrogen and oxygen atoms in total. The maximum absolute atomic E-state index is 14.1. The number of carboxylic acids is 1. The number of aryl methyl sites for hydroxylation is 1. The quantitative estimate of drug-likeness (QED) is 0.491. The summed E-state index contributed by atoms with van der Waals surface area (Å²) in [5.74, 6) is -2.72. The van der Waals surface area contributed by atoms with Gasteiger partial charge in [-0.05, 0) is 43.0 Å². The highest BCUT2D eigenvalue weighted by atomic mass is 32.2. The zero-order valence-electron chi connectivity index (χ0n) is 13.1. The molecule has 1 aliphatic carbocycles. The molecule has 0 saturated carbocycles. The average Bonchev–Trinajstić information content (AvgIpc) is 2.88. The molecule has 1 N–H and O–H groups in total. The van der Waals surface area contributed by atoms with E-state index in [-0.39, 0.29) is 29.5 Å². The summed E-state index contributed by atoms with van der Waals surface area (Å²) in [5, 5.41) is 9.58. The third-order valence-electron chi connectivity index (χ3n) is 4.12. The van der Waals surface area contributed by atoms with E-state index in [0.29, 0.717) is 0 Å². The largest absolute Gasteiger partial charge is 0.534 e. The van der Waals surface area contributed by atoms with Gasteiger partial charge in [0.15, 0.2) is 0 Å². The fraction of sp³-hybridized carbons (Fsp3) is 0.400.